The second kappa shape index (κ2) is 1.00. The van der Waals surface area contributed by atoms with Crippen LogP contribution in [0.25, 0.3) is 0 Å². The number of allylic oxidation sites excluding steroid dienone is 1. The Balaban J connectivity index is 2.61. The predicted octanol–water partition coefficient (Wildman–Crippen LogP) is 1.31. The summed E-state index contributed by atoms with van der Waals surface area (Å²) in [5.41, 5.74) is 1.31. The molecule has 1 heteroatoms. The van der Waals surface area contributed by atoms with Crippen LogP contribution in [-0.4, -0.2) is 6.61 Å². The van der Waals surface area contributed by atoms with Crippen molar-refractivity contribution in [3.05, 3.63) is 11.3 Å². The monoisotopic (exact) mass is 84.1 g/mol. The van der Waals surface area contributed by atoms with Gasteiger partial charge in [0.25, 0.3) is 0 Å². The predicted molar refractivity (Wildman–Crippen MR) is 24.3 cm³/mol. The molecule has 1 rings (SSSR count). The Kier molecular flexibility index (Phi) is 0.621. The smallest absolute Gasteiger partial charge is 0.145 e. The fourth-order valence-corrected chi connectivity index (χ4v) is 0.325. The van der Waals surface area contributed by atoms with Gasteiger partial charge in [-0.3, -0.25) is 0 Å². The molecule has 0 N–H and O–H groups in total. The number of ether oxygens (including phenoxy) is 1. The third-order valence-corrected chi connectivity index (χ3v) is 0.846. The van der Waals surface area contributed by atoms with Gasteiger partial charge in [-0.1, -0.05) is 0 Å². The lowest BCUT2D eigenvalue weighted by molar-refractivity contribution is 0.507. The summed E-state index contributed by atoms with van der Waals surface area (Å²) in [7, 11) is 0. The molecule has 0 saturated carbocycles. The van der Waals surface area contributed by atoms with Crippen molar-refractivity contribution >= 4 is 0 Å². The van der Waals surface area contributed by atoms with Crippen molar-refractivity contribution in [3.63, 3.8) is 0 Å². The molecule has 34 valence electrons. The summed E-state index contributed by atoms with van der Waals surface area (Å²) in [4.78, 5) is 0. The second-order valence-electron chi connectivity index (χ2n) is 1.71. The van der Waals surface area contributed by atoms with Gasteiger partial charge in [0.2, 0.25) is 0 Å². The van der Waals surface area contributed by atoms with Crippen molar-refractivity contribution in [1.29, 1.82) is 0 Å². The summed E-state index contributed by atoms with van der Waals surface area (Å²) >= 11 is 0. The number of rotatable bonds is 0. The fraction of sp³-hybridized carbons (Fsp3) is 0.600. The number of hydrogen-bond acceptors (Lipinski definition) is 1. The minimum atomic E-state index is 0.877. The summed E-state index contributed by atoms with van der Waals surface area (Å²) in [6, 6.07) is 0. The van der Waals surface area contributed by atoms with Gasteiger partial charge in [-0.2, -0.15) is 0 Å². The van der Waals surface area contributed by atoms with E-state index in [0.29, 0.717) is 0 Å². The Morgan fingerprint density at radius 3 is 2.17 bits per heavy atom. The van der Waals surface area contributed by atoms with Crippen LogP contribution in [0.2, 0.25) is 0 Å². The van der Waals surface area contributed by atoms with Crippen LogP contribution in [0.4, 0.5) is 0 Å². The number of hydrogen-bond donors (Lipinski definition) is 0. The normalized spacial score (nSPS) is 16.7. The summed E-state index contributed by atoms with van der Waals surface area (Å²) in [5.74, 6) is 1.18. The van der Waals surface area contributed by atoms with Crippen molar-refractivity contribution in [2.75, 3.05) is 6.61 Å². The van der Waals surface area contributed by atoms with E-state index >= 15 is 0 Å². The van der Waals surface area contributed by atoms with Crippen LogP contribution < -0.4 is 0 Å². The van der Waals surface area contributed by atoms with Crippen LogP contribution in [0.1, 0.15) is 13.8 Å². The molecule has 0 unspecified atom stereocenters. The Morgan fingerprint density at radius 2 is 2.17 bits per heavy atom. The standard InChI is InChI=1S/C5H8O/c1-4(2)5-3-6-5/h3H2,1-2H3. The topological polar surface area (TPSA) is 12.5 Å². The van der Waals surface area contributed by atoms with Crippen molar-refractivity contribution in [2.45, 2.75) is 13.8 Å². The highest BCUT2D eigenvalue weighted by Crippen LogP contribution is 2.17. The number of epoxide rings is 1. The molecule has 0 radical (unpaired) electrons. The molecular formula is C5H8O. The fourth-order valence-electron chi connectivity index (χ4n) is 0.325. The molecule has 6 heavy (non-hydrogen) atoms. The van der Waals surface area contributed by atoms with Crippen LogP contribution in [0.15, 0.2) is 11.3 Å². The SMILES string of the molecule is CC(C)=C1CO1. The first-order valence-electron chi connectivity index (χ1n) is 2.10. The largest absolute Gasteiger partial charge is 0.486 e. The van der Waals surface area contributed by atoms with Gasteiger partial charge in [0.1, 0.15) is 12.4 Å². The third kappa shape index (κ3) is 0.534. The van der Waals surface area contributed by atoms with E-state index < -0.39 is 0 Å². The van der Waals surface area contributed by atoms with E-state index in [1.54, 1.807) is 0 Å². The molecular weight excluding hydrogens is 76.1 g/mol. The van der Waals surface area contributed by atoms with Gasteiger partial charge < -0.3 is 4.74 Å². The van der Waals surface area contributed by atoms with E-state index in [4.69, 9.17) is 4.74 Å². The molecule has 1 aliphatic heterocycles. The Labute approximate surface area is 37.6 Å². The molecule has 0 atom stereocenters. The van der Waals surface area contributed by atoms with Crippen LogP contribution in [0.5, 0.6) is 0 Å². The van der Waals surface area contributed by atoms with Crippen molar-refractivity contribution in [3.8, 4) is 0 Å². The quantitative estimate of drug-likeness (QED) is 0.403. The maximum atomic E-state index is 4.85. The van der Waals surface area contributed by atoms with Crippen molar-refractivity contribution < 1.29 is 4.74 Å². The minimum Gasteiger partial charge on any atom is -0.486 e. The van der Waals surface area contributed by atoms with E-state index in [2.05, 4.69) is 13.8 Å². The average Bonchev–Trinajstić information content (AvgIpc) is 2.06. The lowest BCUT2D eigenvalue weighted by atomic mass is 10.3. The van der Waals surface area contributed by atoms with E-state index in [0.717, 1.165) is 6.61 Å². The maximum absolute atomic E-state index is 4.85. The molecule has 0 aliphatic carbocycles. The lowest BCUT2D eigenvalue weighted by Crippen LogP contribution is -1.57. The maximum Gasteiger partial charge on any atom is 0.145 e. The van der Waals surface area contributed by atoms with Crippen LogP contribution in [-0.2, 0) is 4.74 Å². The van der Waals surface area contributed by atoms with Gasteiger partial charge in [0.05, 0.1) is 0 Å². The molecule has 1 heterocycles. The molecule has 1 aliphatic rings. The summed E-state index contributed by atoms with van der Waals surface area (Å²) in [6.07, 6.45) is 0. The molecule has 0 aromatic rings. The molecule has 0 amide bonds. The highest BCUT2D eigenvalue weighted by Gasteiger charge is 2.12. The lowest BCUT2D eigenvalue weighted by Gasteiger charge is -1.72. The molecule has 1 saturated heterocycles. The van der Waals surface area contributed by atoms with Gasteiger partial charge >= 0.3 is 0 Å². The van der Waals surface area contributed by atoms with E-state index in [9.17, 15) is 0 Å². The van der Waals surface area contributed by atoms with Crippen LogP contribution in [0.3, 0.4) is 0 Å². The van der Waals surface area contributed by atoms with E-state index in [-0.39, 0.29) is 0 Å². The molecule has 0 aromatic heterocycles. The highest BCUT2D eigenvalue weighted by molar-refractivity contribution is 5.11. The zero-order valence-corrected chi connectivity index (χ0v) is 4.12. The van der Waals surface area contributed by atoms with Gasteiger partial charge in [0.15, 0.2) is 0 Å². The first-order valence-corrected chi connectivity index (χ1v) is 2.10. The van der Waals surface area contributed by atoms with Crippen LogP contribution in [0, 0.1) is 0 Å². The Morgan fingerprint density at radius 1 is 1.67 bits per heavy atom. The van der Waals surface area contributed by atoms with Gasteiger partial charge in [-0.15, -0.1) is 0 Å². The zero-order chi connectivity index (χ0) is 4.57. The molecule has 0 spiro atoms. The minimum absolute atomic E-state index is 0.877. The van der Waals surface area contributed by atoms with E-state index in [1.165, 1.54) is 11.3 Å². The van der Waals surface area contributed by atoms with Crippen molar-refractivity contribution in [1.82, 2.24) is 0 Å². The zero-order valence-electron chi connectivity index (χ0n) is 4.12. The van der Waals surface area contributed by atoms with Crippen molar-refractivity contribution in [2.24, 2.45) is 0 Å². The molecule has 1 fully saturated rings. The second-order valence-corrected chi connectivity index (χ2v) is 1.71. The van der Waals surface area contributed by atoms with Crippen LogP contribution >= 0.6 is 0 Å². The highest BCUT2D eigenvalue weighted by atomic mass is 16.6. The Hall–Kier alpha value is -0.460. The van der Waals surface area contributed by atoms with Gasteiger partial charge in [0, 0.05) is 0 Å². The molecule has 0 aromatic carbocycles. The molecule has 1 nitrogen and oxygen atoms in total. The van der Waals surface area contributed by atoms with E-state index in [1.807, 2.05) is 0 Å². The summed E-state index contributed by atoms with van der Waals surface area (Å²) in [5, 5.41) is 0. The Bertz CT molecular complexity index is 82.1. The van der Waals surface area contributed by atoms with Gasteiger partial charge in [-0.05, 0) is 19.4 Å². The third-order valence-electron chi connectivity index (χ3n) is 0.846. The first kappa shape index (κ1) is 3.72. The average molecular weight is 84.1 g/mol. The summed E-state index contributed by atoms with van der Waals surface area (Å²) < 4.78 is 4.85. The first-order chi connectivity index (χ1) is 2.80. The van der Waals surface area contributed by atoms with Gasteiger partial charge in [-0.25, -0.2) is 0 Å². The summed E-state index contributed by atoms with van der Waals surface area (Å²) in [6.45, 7) is 4.99. The molecule has 0 bridgehead atoms.